The number of nitrogens with two attached hydrogens (primary N) is 1. The third kappa shape index (κ3) is 2.18. The quantitative estimate of drug-likeness (QED) is 0.910. The van der Waals surface area contributed by atoms with E-state index in [1.165, 1.54) is 0 Å². The van der Waals surface area contributed by atoms with E-state index in [0.29, 0.717) is 16.6 Å². The average molecular weight is 270 g/mol. The van der Waals surface area contributed by atoms with Crippen molar-refractivity contribution >= 4 is 23.2 Å². The number of hydrogen-bond donors (Lipinski definition) is 1. The van der Waals surface area contributed by atoms with Gasteiger partial charge in [-0.2, -0.15) is 5.10 Å². The molecule has 0 spiro atoms. The number of benzene rings is 1. The number of halogens is 2. The van der Waals surface area contributed by atoms with Crippen molar-refractivity contribution < 1.29 is 0 Å². The summed E-state index contributed by atoms with van der Waals surface area (Å²) in [5.41, 5.74) is 9.50. The molecule has 90 valence electrons. The third-order valence-electron chi connectivity index (χ3n) is 2.78. The largest absolute Gasteiger partial charge is 0.326 e. The normalized spacial score (nSPS) is 10.9. The van der Waals surface area contributed by atoms with E-state index in [1.807, 2.05) is 19.9 Å². The predicted molar refractivity (Wildman–Crippen MR) is 70.9 cm³/mol. The molecular weight excluding hydrogens is 257 g/mol. The zero-order chi connectivity index (χ0) is 12.6. The highest BCUT2D eigenvalue weighted by atomic mass is 35.5. The smallest absolute Gasteiger partial charge is 0.0836 e. The van der Waals surface area contributed by atoms with Gasteiger partial charge in [-0.3, -0.25) is 0 Å². The van der Waals surface area contributed by atoms with Crippen molar-refractivity contribution in [3.8, 4) is 5.69 Å². The van der Waals surface area contributed by atoms with Gasteiger partial charge in [-0.25, -0.2) is 4.68 Å². The van der Waals surface area contributed by atoms with Crippen LogP contribution in [-0.2, 0) is 6.54 Å². The Morgan fingerprint density at radius 2 is 2.00 bits per heavy atom. The van der Waals surface area contributed by atoms with Crippen LogP contribution in [0.15, 0.2) is 18.2 Å². The fourth-order valence-corrected chi connectivity index (χ4v) is 2.35. The molecule has 0 saturated heterocycles. The molecule has 0 radical (unpaired) electrons. The molecule has 1 aromatic carbocycles. The summed E-state index contributed by atoms with van der Waals surface area (Å²) in [7, 11) is 0. The fraction of sp³-hybridized carbons (Fsp3) is 0.250. The van der Waals surface area contributed by atoms with Crippen LogP contribution in [0.4, 0.5) is 0 Å². The molecule has 0 saturated carbocycles. The Hall–Kier alpha value is -1.03. The molecule has 5 heteroatoms. The topological polar surface area (TPSA) is 43.8 Å². The van der Waals surface area contributed by atoms with Gasteiger partial charge in [0.2, 0.25) is 0 Å². The van der Waals surface area contributed by atoms with E-state index in [9.17, 15) is 0 Å². The summed E-state index contributed by atoms with van der Waals surface area (Å²) in [5.74, 6) is 0. The average Bonchev–Trinajstić information content (AvgIpc) is 2.54. The molecule has 0 fully saturated rings. The minimum absolute atomic E-state index is 0.475. The Morgan fingerprint density at radius 1 is 1.29 bits per heavy atom. The van der Waals surface area contributed by atoms with Crippen molar-refractivity contribution in [3.05, 3.63) is 45.2 Å². The van der Waals surface area contributed by atoms with E-state index in [4.69, 9.17) is 28.9 Å². The Kier molecular flexibility index (Phi) is 3.43. The summed E-state index contributed by atoms with van der Waals surface area (Å²) in [4.78, 5) is 0. The van der Waals surface area contributed by atoms with Crippen molar-refractivity contribution in [2.45, 2.75) is 20.4 Å². The van der Waals surface area contributed by atoms with Crippen LogP contribution in [-0.4, -0.2) is 9.78 Å². The van der Waals surface area contributed by atoms with Gasteiger partial charge < -0.3 is 5.73 Å². The van der Waals surface area contributed by atoms with Crippen LogP contribution < -0.4 is 5.73 Å². The number of rotatable bonds is 2. The lowest BCUT2D eigenvalue weighted by Gasteiger charge is -2.07. The molecule has 0 aliphatic rings. The summed E-state index contributed by atoms with van der Waals surface area (Å²) in [6.07, 6.45) is 0. The van der Waals surface area contributed by atoms with E-state index >= 15 is 0 Å². The Balaban J connectivity index is 2.61. The number of nitrogens with zero attached hydrogens (tertiary/aromatic N) is 2. The zero-order valence-electron chi connectivity index (χ0n) is 9.67. The molecule has 0 unspecified atom stereocenters. The first kappa shape index (κ1) is 12.4. The fourth-order valence-electron chi connectivity index (χ4n) is 1.86. The first-order valence-electron chi connectivity index (χ1n) is 5.25. The van der Waals surface area contributed by atoms with Crippen LogP contribution in [0.1, 0.15) is 17.0 Å². The lowest BCUT2D eigenvalue weighted by molar-refractivity contribution is 0.832. The molecule has 0 atom stereocenters. The molecule has 2 N–H and O–H groups in total. The number of hydrogen-bond acceptors (Lipinski definition) is 2. The van der Waals surface area contributed by atoms with Crippen molar-refractivity contribution in [3.63, 3.8) is 0 Å². The highest BCUT2D eigenvalue weighted by molar-refractivity contribution is 6.35. The maximum atomic E-state index is 6.16. The number of aromatic nitrogens is 2. The van der Waals surface area contributed by atoms with Gasteiger partial charge in [0.15, 0.2) is 0 Å². The second kappa shape index (κ2) is 4.69. The van der Waals surface area contributed by atoms with Gasteiger partial charge in [-0.1, -0.05) is 23.2 Å². The Morgan fingerprint density at radius 3 is 2.53 bits per heavy atom. The third-order valence-corrected chi connectivity index (χ3v) is 3.32. The van der Waals surface area contributed by atoms with E-state index in [0.717, 1.165) is 22.6 Å². The predicted octanol–water partition coefficient (Wildman–Crippen LogP) is 3.25. The van der Waals surface area contributed by atoms with Crippen molar-refractivity contribution in [1.82, 2.24) is 9.78 Å². The summed E-state index contributed by atoms with van der Waals surface area (Å²) >= 11 is 12.0. The highest BCUT2D eigenvalue weighted by Crippen LogP contribution is 2.26. The monoisotopic (exact) mass is 269 g/mol. The van der Waals surface area contributed by atoms with Crippen LogP contribution in [0.5, 0.6) is 0 Å². The van der Waals surface area contributed by atoms with Gasteiger partial charge in [0.1, 0.15) is 0 Å². The molecule has 3 nitrogen and oxygen atoms in total. The lowest BCUT2D eigenvalue weighted by atomic mass is 10.2. The second-order valence-electron chi connectivity index (χ2n) is 3.86. The Bertz CT molecular complexity index is 561. The van der Waals surface area contributed by atoms with Gasteiger partial charge in [-0.05, 0) is 32.0 Å². The molecule has 17 heavy (non-hydrogen) atoms. The standard InChI is InChI=1S/C12H13Cl2N3/c1-7-10(6-15)8(2)17(16-7)12-4-3-9(13)5-11(12)14/h3-5H,6,15H2,1-2H3. The molecule has 0 bridgehead atoms. The van der Waals surface area contributed by atoms with Crippen molar-refractivity contribution in [1.29, 1.82) is 0 Å². The highest BCUT2D eigenvalue weighted by Gasteiger charge is 2.13. The first-order chi connectivity index (χ1) is 8.04. The van der Waals surface area contributed by atoms with E-state index in [-0.39, 0.29) is 0 Å². The van der Waals surface area contributed by atoms with Crippen LogP contribution in [0.3, 0.4) is 0 Å². The van der Waals surface area contributed by atoms with Gasteiger partial charge in [0.25, 0.3) is 0 Å². The maximum absolute atomic E-state index is 6.16. The maximum Gasteiger partial charge on any atom is 0.0836 e. The van der Waals surface area contributed by atoms with Gasteiger partial charge in [0.05, 0.1) is 16.4 Å². The molecule has 0 aliphatic carbocycles. The molecule has 2 aromatic rings. The molecule has 0 aliphatic heterocycles. The molecule has 1 heterocycles. The van der Waals surface area contributed by atoms with E-state index in [1.54, 1.807) is 16.8 Å². The summed E-state index contributed by atoms with van der Waals surface area (Å²) in [6, 6.07) is 5.35. The summed E-state index contributed by atoms with van der Waals surface area (Å²) in [5, 5.41) is 5.64. The first-order valence-corrected chi connectivity index (χ1v) is 6.00. The van der Waals surface area contributed by atoms with Crippen molar-refractivity contribution in [2.24, 2.45) is 5.73 Å². The van der Waals surface area contributed by atoms with Crippen LogP contribution >= 0.6 is 23.2 Å². The van der Waals surface area contributed by atoms with Crippen molar-refractivity contribution in [2.75, 3.05) is 0 Å². The zero-order valence-corrected chi connectivity index (χ0v) is 11.2. The van der Waals surface area contributed by atoms with E-state index < -0.39 is 0 Å². The molecule has 2 rings (SSSR count). The lowest BCUT2D eigenvalue weighted by Crippen LogP contribution is -2.02. The summed E-state index contributed by atoms with van der Waals surface area (Å²) in [6.45, 7) is 4.39. The molecule has 1 aromatic heterocycles. The minimum atomic E-state index is 0.475. The Labute approximate surface area is 110 Å². The van der Waals surface area contributed by atoms with Crippen LogP contribution in [0.25, 0.3) is 5.69 Å². The minimum Gasteiger partial charge on any atom is -0.326 e. The second-order valence-corrected chi connectivity index (χ2v) is 4.70. The molecular formula is C12H13Cl2N3. The number of aryl methyl sites for hydroxylation is 1. The van der Waals surface area contributed by atoms with Gasteiger partial charge in [0, 0.05) is 22.8 Å². The SMILES string of the molecule is Cc1nn(-c2ccc(Cl)cc2Cl)c(C)c1CN. The van der Waals surface area contributed by atoms with Gasteiger partial charge >= 0.3 is 0 Å². The van der Waals surface area contributed by atoms with Gasteiger partial charge in [-0.15, -0.1) is 0 Å². The summed E-state index contributed by atoms with van der Waals surface area (Å²) < 4.78 is 1.80. The molecule has 0 amide bonds. The van der Waals surface area contributed by atoms with Crippen LogP contribution in [0.2, 0.25) is 10.0 Å². The van der Waals surface area contributed by atoms with Crippen LogP contribution in [0, 0.1) is 13.8 Å². The van der Waals surface area contributed by atoms with E-state index in [2.05, 4.69) is 5.10 Å².